The van der Waals surface area contributed by atoms with Crippen molar-refractivity contribution in [1.29, 1.82) is 0 Å². The van der Waals surface area contributed by atoms with Gasteiger partial charge in [0.1, 0.15) is 6.04 Å². The number of carboxylic acids is 1. The summed E-state index contributed by atoms with van der Waals surface area (Å²) in [6, 6.07) is -1.97. The molecule has 0 fully saturated rings. The first-order valence-electron chi connectivity index (χ1n) is 6.12. The highest BCUT2D eigenvalue weighted by Crippen LogP contribution is 2.07. The van der Waals surface area contributed by atoms with Gasteiger partial charge in [0.15, 0.2) is 0 Å². The maximum absolute atomic E-state index is 11.7. The second-order valence-electron chi connectivity index (χ2n) is 4.06. The van der Waals surface area contributed by atoms with Crippen molar-refractivity contribution in [1.82, 2.24) is 5.32 Å². The van der Waals surface area contributed by atoms with Crippen LogP contribution in [0.3, 0.4) is 0 Å². The van der Waals surface area contributed by atoms with E-state index in [1.54, 1.807) is 0 Å². The Morgan fingerprint density at radius 1 is 1.35 bits per heavy atom. The first-order valence-corrected chi connectivity index (χ1v) is 7.10. The number of carbonyl (C=O) groups is 3. The van der Waals surface area contributed by atoms with Crippen molar-refractivity contribution in [2.75, 3.05) is 19.4 Å². The molecule has 0 spiro atoms. The number of carbonyl (C=O) groups excluding carboxylic acids is 2. The van der Waals surface area contributed by atoms with E-state index in [0.29, 0.717) is 31.1 Å². The number of hydrogen-bond donors (Lipinski definition) is 4. The highest BCUT2D eigenvalue weighted by atomic mass is 32.2. The van der Waals surface area contributed by atoms with E-state index in [1.165, 1.54) is 7.11 Å². The van der Waals surface area contributed by atoms with Crippen LogP contribution in [0.15, 0.2) is 0 Å². The average molecular weight is 307 g/mol. The number of nitrogens with two attached hydrogens (primary N) is 2. The minimum atomic E-state index is -1.23. The molecule has 0 aliphatic carbocycles. The molecule has 8 nitrogen and oxygen atoms in total. The highest BCUT2D eigenvalue weighted by molar-refractivity contribution is 8.13. The quantitative estimate of drug-likeness (QED) is 0.330. The molecule has 0 aliphatic heterocycles. The van der Waals surface area contributed by atoms with E-state index in [2.05, 4.69) is 10.1 Å². The van der Waals surface area contributed by atoms with Crippen molar-refractivity contribution in [2.24, 2.45) is 11.5 Å². The van der Waals surface area contributed by atoms with Crippen LogP contribution < -0.4 is 16.8 Å². The fraction of sp³-hybridized carbons (Fsp3) is 0.727. The normalized spacial score (nSPS) is 13.3. The van der Waals surface area contributed by atoms with E-state index < -0.39 is 29.3 Å². The maximum atomic E-state index is 11.7. The maximum Gasteiger partial charge on any atom is 0.367 e. The lowest BCUT2D eigenvalue weighted by Crippen LogP contribution is -2.49. The number of ether oxygens (including phenoxy) is 1. The van der Waals surface area contributed by atoms with Crippen LogP contribution >= 0.6 is 11.8 Å². The van der Waals surface area contributed by atoms with Crippen LogP contribution in [0.4, 0.5) is 4.79 Å². The Kier molecular flexibility index (Phi) is 9.77. The van der Waals surface area contributed by atoms with Crippen LogP contribution in [-0.4, -0.2) is 53.8 Å². The SMILES string of the molecule is COC(=O)SC[C@H](NC(=O)[C@@H](N)CCCCN)C(=O)O. The number of rotatable bonds is 9. The number of nitrogens with one attached hydrogen (secondary N) is 1. The summed E-state index contributed by atoms with van der Waals surface area (Å²) in [5.74, 6) is -1.91. The molecule has 0 aliphatic rings. The summed E-state index contributed by atoms with van der Waals surface area (Å²) < 4.78 is 4.38. The van der Waals surface area contributed by atoms with E-state index in [4.69, 9.17) is 16.6 Å². The van der Waals surface area contributed by atoms with Crippen LogP contribution in [-0.2, 0) is 14.3 Å². The monoisotopic (exact) mass is 307 g/mol. The molecule has 0 saturated heterocycles. The molecule has 0 aromatic rings. The lowest BCUT2D eigenvalue weighted by atomic mass is 10.1. The molecular formula is C11H21N3O5S. The van der Waals surface area contributed by atoms with Crippen LogP contribution in [0.5, 0.6) is 0 Å². The van der Waals surface area contributed by atoms with E-state index >= 15 is 0 Å². The molecule has 0 rings (SSSR count). The Morgan fingerprint density at radius 3 is 2.50 bits per heavy atom. The molecule has 116 valence electrons. The van der Waals surface area contributed by atoms with Gasteiger partial charge in [-0.1, -0.05) is 6.42 Å². The number of methoxy groups -OCH3 is 1. The zero-order valence-corrected chi connectivity index (χ0v) is 12.1. The molecular weight excluding hydrogens is 286 g/mol. The Labute approximate surface area is 121 Å². The third kappa shape index (κ3) is 7.97. The van der Waals surface area contributed by atoms with E-state index in [-0.39, 0.29) is 5.75 Å². The predicted molar refractivity (Wildman–Crippen MR) is 75.3 cm³/mol. The molecule has 2 atom stereocenters. The predicted octanol–water partition coefficient (Wildman–Crippen LogP) is -0.488. The Balaban J connectivity index is 4.25. The zero-order chi connectivity index (χ0) is 15.5. The van der Waals surface area contributed by atoms with Crippen molar-refractivity contribution < 1.29 is 24.2 Å². The van der Waals surface area contributed by atoms with E-state index in [9.17, 15) is 14.4 Å². The fourth-order valence-electron chi connectivity index (χ4n) is 1.30. The summed E-state index contributed by atoms with van der Waals surface area (Å²) in [7, 11) is 1.19. The molecule has 1 amide bonds. The number of thioether (sulfide) groups is 1. The van der Waals surface area contributed by atoms with Gasteiger partial charge in [0.2, 0.25) is 5.91 Å². The van der Waals surface area contributed by atoms with E-state index in [1.807, 2.05) is 0 Å². The van der Waals surface area contributed by atoms with Gasteiger partial charge in [-0.15, -0.1) is 0 Å². The molecule has 0 aromatic carbocycles. The standard InChI is InChI=1S/C11H21N3O5S/c1-19-11(18)20-6-8(10(16)17)14-9(15)7(13)4-2-3-5-12/h7-8H,2-6,12-13H2,1H3,(H,14,15)(H,16,17)/t7-,8-/m0/s1. The molecule has 0 heterocycles. The van der Waals surface area contributed by atoms with Crippen molar-refractivity contribution in [3.8, 4) is 0 Å². The van der Waals surface area contributed by atoms with Crippen LogP contribution in [0.1, 0.15) is 19.3 Å². The minimum absolute atomic E-state index is 0.122. The lowest BCUT2D eigenvalue weighted by Gasteiger charge is -2.17. The Bertz CT molecular complexity index is 340. The first kappa shape index (κ1) is 18.7. The highest BCUT2D eigenvalue weighted by Gasteiger charge is 2.24. The summed E-state index contributed by atoms with van der Waals surface area (Å²) >= 11 is 0.674. The van der Waals surface area contributed by atoms with Crippen molar-refractivity contribution >= 4 is 28.9 Å². The second-order valence-corrected chi connectivity index (χ2v) is 5.01. The average Bonchev–Trinajstić information content (AvgIpc) is 2.42. The molecule has 20 heavy (non-hydrogen) atoms. The van der Waals surface area contributed by atoms with Crippen molar-refractivity contribution in [2.45, 2.75) is 31.3 Å². The zero-order valence-electron chi connectivity index (χ0n) is 11.3. The third-order valence-electron chi connectivity index (χ3n) is 2.46. The van der Waals surface area contributed by atoms with Crippen molar-refractivity contribution in [3.05, 3.63) is 0 Å². The van der Waals surface area contributed by atoms with Gasteiger partial charge in [-0.05, 0) is 31.1 Å². The topological polar surface area (TPSA) is 145 Å². The van der Waals surface area contributed by atoms with Gasteiger partial charge in [0, 0.05) is 5.75 Å². The molecule has 0 radical (unpaired) electrons. The summed E-state index contributed by atoms with van der Waals surface area (Å²) in [6.07, 6.45) is 1.88. The van der Waals surface area contributed by atoms with Gasteiger partial charge in [0.05, 0.1) is 13.2 Å². The molecule has 0 saturated carbocycles. The molecule has 0 unspecified atom stereocenters. The Hall–Kier alpha value is -1.32. The molecule has 0 bridgehead atoms. The summed E-state index contributed by atoms with van der Waals surface area (Å²) in [4.78, 5) is 33.6. The van der Waals surface area contributed by atoms with Gasteiger partial charge < -0.3 is 26.6 Å². The summed E-state index contributed by atoms with van der Waals surface area (Å²) in [5, 5.41) is 10.7. The largest absolute Gasteiger partial charge is 0.480 e. The molecule has 9 heteroatoms. The van der Waals surface area contributed by atoms with Gasteiger partial charge in [-0.2, -0.15) is 0 Å². The first-order chi connectivity index (χ1) is 9.42. The summed E-state index contributed by atoms with van der Waals surface area (Å²) in [5.41, 5.74) is 11.0. The van der Waals surface area contributed by atoms with E-state index in [0.717, 1.165) is 6.42 Å². The lowest BCUT2D eigenvalue weighted by molar-refractivity contribution is -0.141. The minimum Gasteiger partial charge on any atom is -0.480 e. The smallest absolute Gasteiger partial charge is 0.367 e. The summed E-state index contributed by atoms with van der Waals surface area (Å²) in [6.45, 7) is 0.516. The van der Waals surface area contributed by atoms with Gasteiger partial charge >= 0.3 is 11.3 Å². The molecule has 6 N–H and O–H groups in total. The van der Waals surface area contributed by atoms with Crippen LogP contribution in [0.25, 0.3) is 0 Å². The fourth-order valence-corrected chi connectivity index (χ4v) is 1.95. The molecule has 0 aromatic heterocycles. The number of aliphatic carboxylic acids is 1. The third-order valence-corrected chi connectivity index (χ3v) is 3.36. The number of carboxylic acid groups (broad SMARTS) is 1. The second kappa shape index (κ2) is 10.5. The van der Waals surface area contributed by atoms with Gasteiger partial charge in [-0.25, -0.2) is 9.59 Å². The number of unbranched alkanes of at least 4 members (excludes halogenated alkanes) is 1. The number of hydrogen-bond acceptors (Lipinski definition) is 7. The van der Waals surface area contributed by atoms with Gasteiger partial charge in [-0.3, -0.25) is 4.79 Å². The van der Waals surface area contributed by atoms with Crippen LogP contribution in [0.2, 0.25) is 0 Å². The Morgan fingerprint density at radius 2 is 2.00 bits per heavy atom. The number of amides is 1. The van der Waals surface area contributed by atoms with Crippen LogP contribution in [0, 0.1) is 0 Å². The van der Waals surface area contributed by atoms with Gasteiger partial charge in [0.25, 0.3) is 0 Å². The van der Waals surface area contributed by atoms with Crippen molar-refractivity contribution in [3.63, 3.8) is 0 Å².